The highest BCUT2D eigenvalue weighted by molar-refractivity contribution is 7.07. The minimum Gasteiger partial charge on any atom is -0.463 e. The molecule has 174 valence electrons. The van der Waals surface area contributed by atoms with Crippen LogP contribution in [0.4, 0.5) is 5.88 Å². The molecule has 1 atom stereocenters. The maximum Gasteiger partial charge on any atom is 0.433 e. The second-order valence-electron chi connectivity index (χ2n) is 7.33. The smallest absolute Gasteiger partial charge is 0.433 e. The number of carbonyl (C=O) groups excluding carboxylic acids is 1. The van der Waals surface area contributed by atoms with Gasteiger partial charge in [0.2, 0.25) is 6.79 Å². The van der Waals surface area contributed by atoms with Gasteiger partial charge in [-0.2, -0.15) is 0 Å². The van der Waals surface area contributed by atoms with Crippen molar-refractivity contribution in [2.75, 3.05) is 13.4 Å². The molecule has 12 heteroatoms. The van der Waals surface area contributed by atoms with Crippen LogP contribution in [0.25, 0.3) is 11.8 Å². The molecule has 34 heavy (non-hydrogen) atoms. The van der Waals surface area contributed by atoms with Crippen molar-refractivity contribution in [2.24, 2.45) is 4.99 Å². The molecule has 0 radical (unpaired) electrons. The first-order chi connectivity index (χ1) is 16.4. The molecule has 0 unspecified atom stereocenters. The zero-order valence-electron chi connectivity index (χ0n) is 18.0. The summed E-state index contributed by atoms with van der Waals surface area (Å²) < 4.78 is 22.9. The first-order valence-electron chi connectivity index (χ1n) is 10.2. The largest absolute Gasteiger partial charge is 0.463 e. The van der Waals surface area contributed by atoms with Gasteiger partial charge in [0, 0.05) is 5.70 Å². The number of nitrogens with zero attached hydrogens (tertiary/aromatic N) is 3. The first kappa shape index (κ1) is 21.6. The van der Waals surface area contributed by atoms with E-state index < -0.39 is 22.8 Å². The van der Waals surface area contributed by atoms with E-state index in [1.54, 1.807) is 38.1 Å². The average Bonchev–Trinajstić information content (AvgIpc) is 3.53. The Labute approximate surface area is 195 Å². The number of carbonyl (C=O) groups is 1. The van der Waals surface area contributed by atoms with E-state index in [0.29, 0.717) is 26.5 Å². The third-order valence-electron chi connectivity index (χ3n) is 5.30. The SMILES string of the molecule is CCOC(=O)C1=C(C)n2c(s/c(=C\c3ccc4c(c3)OCO4)c2=O)=N[C@H]1c1ccc([N+](=O)[O-])o1. The molecule has 2 aliphatic rings. The van der Waals surface area contributed by atoms with Crippen molar-refractivity contribution in [1.82, 2.24) is 4.57 Å². The standard InChI is InChI=1S/C22H17N3O8S/c1-3-30-21(27)18-11(2)24-20(26)16(9-12-4-5-13-15(8-12)32-10-31-13)34-22(24)23-19(18)14-6-7-17(33-14)25(28)29/h4-9,19H,3,10H2,1-2H3/b16-9-/t19-/m0/s1. The van der Waals surface area contributed by atoms with E-state index in [0.717, 1.165) is 16.9 Å². The summed E-state index contributed by atoms with van der Waals surface area (Å²) in [7, 11) is 0. The molecule has 2 aromatic heterocycles. The molecular weight excluding hydrogens is 466 g/mol. The summed E-state index contributed by atoms with van der Waals surface area (Å²) in [6.45, 7) is 3.50. The number of nitro groups is 1. The van der Waals surface area contributed by atoms with Crippen LogP contribution in [0.3, 0.4) is 0 Å². The maximum absolute atomic E-state index is 13.3. The fraction of sp³-hybridized carbons (Fsp3) is 0.227. The van der Waals surface area contributed by atoms with Gasteiger partial charge in [-0.25, -0.2) is 9.79 Å². The summed E-state index contributed by atoms with van der Waals surface area (Å²) in [5.74, 6) is 0.153. The van der Waals surface area contributed by atoms with Crippen LogP contribution in [-0.4, -0.2) is 28.9 Å². The van der Waals surface area contributed by atoms with Gasteiger partial charge in [0.15, 0.2) is 16.3 Å². The normalized spacial score (nSPS) is 16.9. The van der Waals surface area contributed by atoms with Crippen molar-refractivity contribution in [1.29, 1.82) is 0 Å². The van der Waals surface area contributed by atoms with E-state index in [9.17, 15) is 19.7 Å². The number of allylic oxidation sites excluding steroid dienone is 1. The van der Waals surface area contributed by atoms with Gasteiger partial charge in [0.1, 0.15) is 16.7 Å². The van der Waals surface area contributed by atoms with Crippen LogP contribution in [0.15, 0.2) is 50.1 Å². The molecule has 0 aliphatic carbocycles. The Morgan fingerprint density at radius 3 is 2.85 bits per heavy atom. The van der Waals surface area contributed by atoms with Gasteiger partial charge in [-0.05, 0) is 43.7 Å². The molecule has 4 heterocycles. The van der Waals surface area contributed by atoms with Gasteiger partial charge in [0.25, 0.3) is 5.56 Å². The lowest BCUT2D eigenvalue weighted by Gasteiger charge is -2.20. The minimum absolute atomic E-state index is 0.0770. The second kappa shape index (κ2) is 8.30. The van der Waals surface area contributed by atoms with Gasteiger partial charge >= 0.3 is 11.9 Å². The fourth-order valence-electron chi connectivity index (χ4n) is 3.76. The molecular formula is C22H17N3O8S. The van der Waals surface area contributed by atoms with E-state index in [-0.39, 0.29) is 30.3 Å². The van der Waals surface area contributed by atoms with Gasteiger partial charge in [-0.3, -0.25) is 19.5 Å². The number of hydrogen-bond donors (Lipinski definition) is 0. The number of benzene rings is 1. The van der Waals surface area contributed by atoms with Crippen LogP contribution in [0.1, 0.15) is 31.2 Å². The molecule has 11 nitrogen and oxygen atoms in total. The van der Waals surface area contributed by atoms with Crippen molar-refractivity contribution < 1.29 is 28.3 Å². The summed E-state index contributed by atoms with van der Waals surface area (Å²) in [5, 5.41) is 11.1. The van der Waals surface area contributed by atoms with Crippen molar-refractivity contribution in [3.05, 3.63) is 77.0 Å². The van der Waals surface area contributed by atoms with Crippen molar-refractivity contribution in [2.45, 2.75) is 19.9 Å². The molecule has 0 saturated heterocycles. The predicted molar refractivity (Wildman–Crippen MR) is 119 cm³/mol. The van der Waals surface area contributed by atoms with E-state index in [2.05, 4.69) is 4.99 Å². The summed E-state index contributed by atoms with van der Waals surface area (Å²) >= 11 is 1.13. The number of furan rings is 1. The highest BCUT2D eigenvalue weighted by Crippen LogP contribution is 2.35. The Kier molecular flexibility index (Phi) is 5.28. The molecule has 3 aromatic rings. The zero-order valence-corrected chi connectivity index (χ0v) is 18.8. The first-order valence-corrected chi connectivity index (χ1v) is 11.0. The summed E-state index contributed by atoms with van der Waals surface area (Å²) in [6.07, 6.45) is 1.69. The lowest BCUT2D eigenvalue weighted by atomic mass is 10.0. The van der Waals surface area contributed by atoms with Crippen LogP contribution >= 0.6 is 11.3 Å². The number of esters is 1. The molecule has 5 rings (SSSR count). The van der Waals surface area contributed by atoms with Crippen LogP contribution in [-0.2, 0) is 9.53 Å². The Hall–Kier alpha value is -4.19. The van der Waals surface area contributed by atoms with Crippen molar-refractivity contribution in [3.8, 4) is 11.5 Å². The molecule has 0 N–H and O–H groups in total. The highest BCUT2D eigenvalue weighted by atomic mass is 32.1. The minimum atomic E-state index is -0.996. The van der Waals surface area contributed by atoms with Gasteiger partial charge in [-0.15, -0.1) is 0 Å². The number of hydrogen-bond acceptors (Lipinski definition) is 10. The van der Waals surface area contributed by atoms with Crippen molar-refractivity contribution in [3.63, 3.8) is 0 Å². The Morgan fingerprint density at radius 1 is 1.32 bits per heavy atom. The van der Waals surface area contributed by atoms with Crippen LogP contribution in [0, 0.1) is 10.1 Å². The van der Waals surface area contributed by atoms with E-state index in [1.807, 2.05) is 0 Å². The molecule has 0 amide bonds. The van der Waals surface area contributed by atoms with E-state index >= 15 is 0 Å². The molecule has 0 saturated carbocycles. The van der Waals surface area contributed by atoms with E-state index in [4.69, 9.17) is 18.6 Å². The maximum atomic E-state index is 13.3. The third-order valence-corrected chi connectivity index (χ3v) is 6.28. The van der Waals surface area contributed by atoms with Crippen LogP contribution in [0.2, 0.25) is 0 Å². The van der Waals surface area contributed by atoms with Gasteiger partial charge < -0.3 is 18.6 Å². The van der Waals surface area contributed by atoms with Gasteiger partial charge in [-0.1, -0.05) is 17.4 Å². The molecule has 0 bridgehead atoms. The van der Waals surface area contributed by atoms with Crippen molar-refractivity contribution >= 4 is 35.0 Å². The number of ether oxygens (including phenoxy) is 3. The summed E-state index contributed by atoms with van der Waals surface area (Å²) in [6, 6.07) is 6.90. The topological polar surface area (TPSA) is 135 Å². The summed E-state index contributed by atoms with van der Waals surface area (Å²) in [4.78, 5) is 41.3. The Morgan fingerprint density at radius 2 is 2.12 bits per heavy atom. The van der Waals surface area contributed by atoms with Crippen LogP contribution < -0.4 is 24.4 Å². The number of thiazole rings is 1. The summed E-state index contributed by atoms with van der Waals surface area (Å²) in [5.41, 5.74) is 0.766. The average molecular weight is 483 g/mol. The molecule has 0 spiro atoms. The van der Waals surface area contributed by atoms with Crippen LogP contribution in [0.5, 0.6) is 11.5 Å². The lowest BCUT2D eigenvalue weighted by molar-refractivity contribution is -0.402. The second-order valence-corrected chi connectivity index (χ2v) is 8.34. The zero-order chi connectivity index (χ0) is 24.0. The highest BCUT2D eigenvalue weighted by Gasteiger charge is 2.34. The molecule has 2 aliphatic heterocycles. The monoisotopic (exact) mass is 483 g/mol. The third kappa shape index (κ3) is 3.57. The molecule has 1 aromatic carbocycles. The quantitative estimate of drug-likeness (QED) is 0.306. The van der Waals surface area contributed by atoms with Gasteiger partial charge in [0.05, 0.1) is 22.8 Å². The fourth-order valence-corrected chi connectivity index (χ4v) is 4.80. The number of fused-ring (bicyclic) bond motifs is 2. The number of rotatable bonds is 5. The predicted octanol–water partition coefficient (Wildman–Crippen LogP) is 2.14. The number of aromatic nitrogens is 1. The lowest BCUT2D eigenvalue weighted by Crippen LogP contribution is -2.35. The van der Waals surface area contributed by atoms with E-state index in [1.165, 1.54) is 16.7 Å². The Bertz CT molecular complexity index is 1540. The molecule has 0 fully saturated rings. The Balaban J connectivity index is 1.67.